The van der Waals surface area contributed by atoms with E-state index in [-0.39, 0.29) is 0 Å². The summed E-state index contributed by atoms with van der Waals surface area (Å²) in [6.45, 7) is 0. The van der Waals surface area contributed by atoms with Gasteiger partial charge in [0.05, 0.1) is 31.2 Å². The quantitative estimate of drug-likeness (QED) is 0.482. The van der Waals surface area contributed by atoms with Crippen LogP contribution < -0.4 is 15.4 Å². The molecule has 0 amide bonds. The molecule has 2 aromatic carbocycles. The molecule has 1 aliphatic carbocycles. The lowest BCUT2D eigenvalue weighted by Crippen LogP contribution is -2.23. The Morgan fingerprint density at radius 2 is 1.75 bits per heavy atom. The summed E-state index contributed by atoms with van der Waals surface area (Å²) in [4.78, 5) is 21.5. The zero-order valence-electron chi connectivity index (χ0n) is 18.4. The van der Waals surface area contributed by atoms with Crippen LogP contribution >= 0.6 is 0 Å². The molecule has 0 spiro atoms. The summed E-state index contributed by atoms with van der Waals surface area (Å²) >= 11 is 0. The molecule has 0 atom stereocenters. The van der Waals surface area contributed by atoms with Crippen molar-refractivity contribution in [2.75, 3.05) is 24.9 Å². The van der Waals surface area contributed by atoms with Crippen LogP contribution in [0.3, 0.4) is 0 Å². The van der Waals surface area contributed by atoms with Gasteiger partial charge in [-0.25, -0.2) is 9.78 Å². The number of carbonyl (C=O) groups excluding carboxylic acids is 1. The number of methoxy groups -OCH3 is 2. The minimum atomic E-state index is -0.414. The summed E-state index contributed by atoms with van der Waals surface area (Å²) in [5, 5.41) is 6.82. The molecule has 32 heavy (non-hydrogen) atoms. The summed E-state index contributed by atoms with van der Waals surface area (Å²) in [6.07, 6.45) is 5.97. The van der Waals surface area contributed by atoms with Crippen molar-refractivity contribution in [3.05, 3.63) is 60.2 Å². The van der Waals surface area contributed by atoms with Gasteiger partial charge in [0.15, 0.2) is 0 Å². The van der Waals surface area contributed by atoms with Gasteiger partial charge in [0, 0.05) is 17.7 Å². The second kappa shape index (κ2) is 10.1. The van der Waals surface area contributed by atoms with Crippen molar-refractivity contribution in [1.82, 2.24) is 9.97 Å². The third-order valence-corrected chi connectivity index (χ3v) is 5.62. The number of aromatic nitrogens is 2. The summed E-state index contributed by atoms with van der Waals surface area (Å²) in [5.74, 6) is 1.38. The van der Waals surface area contributed by atoms with Crippen molar-refractivity contribution in [2.24, 2.45) is 0 Å². The first-order valence-corrected chi connectivity index (χ1v) is 10.9. The van der Waals surface area contributed by atoms with Crippen LogP contribution in [-0.4, -0.2) is 36.2 Å². The van der Waals surface area contributed by atoms with Crippen molar-refractivity contribution in [1.29, 1.82) is 0 Å². The lowest BCUT2D eigenvalue weighted by atomic mass is 9.96. The lowest BCUT2D eigenvalue weighted by molar-refractivity contribution is 0.0600. The van der Waals surface area contributed by atoms with Crippen LogP contribution in [0.2, 0.25) is 0 Å². The van der Waals surface area contributed by atoms with Gasteiger partial charge in [0.25, 0.3) is 0 Å². The summed E-state index contributed by atoms with van der Waals surface area (Å²) in [5.41, 5.74) is 2.86. The van der Waals surface area contributed by atoms with Crippen LogP contribution in [0.5, 0.6) is 5.75 Å². The van der Waals surface area contributed by atoms with E-state index < -0.39 is 5.97 Å². The highest BCUT2D eigenvalue weighted by Crippen LogP contribution is 2.31. The zero-order chi connectivity index (χ0) is 22.3. The first kappa shape index (κ1) is 21.6. The molecule has 1 saturated carbocycles. The van der Waals surface area contributed by atoms with E-state index in [1.165, 1.54) is 26.4 Å². The Hall–Kier alpha value is -3.61. The molecule has 3 aromatic rings. The molecule has 0 radical (unpaired) electrons. The Morgan fingerprint density at radius 1 is 0.969 bits per heavy atom. The van der Waals surface area contributed by atoms with E-state index in [0.29, 0.717) is 34.8 Å². The van der Waals surface area contributed by atoms with Gasteiger partial charge in [0.2, 0.25) is 5.95 Å². The average molecular weight is 433 g/mol. The van der Waals surface area contributed by atoms with Gasteiger partial charge >= 0.3 is 5.97 Å². The van der Waals surface area contributed by atoms with E-state index in [1.807, 2.05) is 36.4 Å². The van der Waals surface area contributed by atoms with Crippen LogP contribution in [0.1, 0.15) is 42.5 Å². The molecule has 0 aliphatic heterocycles. The minimum absolute atomic E-state index is 0.375. The molecular formula is C25H28N4O3. The first-order valence-electron chi connectivity index (χ1n) is 10.9. The van der Waals surface area contributed by atoms with Crippen molar-refractivity contribution >= 4 is 23.4 Å². The highest BCUT2D eigenvalue weighted by atomic mass is 16.5. The van der Waals surface area contributed by atoms with E-state index in [2.05, 4.69) is 10.6 Å². The average Bonchev–Trinajstić information content (AvgIpc) is 2.84. The highest BCUT2D eigenvalue weighted by molar-refractivity contribution is 5.91. The van der Waals surface area contributed by atoms with Crippen LogP contribution in [0.4, 0.5) is 17.5 Å². The summed E-state index contributed by atoms with van der Waals surface area (Å²) in [7, 11) is 2.95. The lowest BCUT2D eigenvalue weighted by Gasteiger charge is -2.23. The molecule has 0 unspecified atom stereocenters. The second-order valence-corrected chi connectivity index (χ2v) is 7.84. The van der Waals surface area contributed by atoms with Crippen molar-refractivity contribution in [2.45, 2.75) is 38.1 Å². The van der Waals surface area contributed by atoms with Crippen molar-refractivity contribution in [3.8, 4) is 17.0 Å². The number of carbonyl (C=O) groups is 1. The maximum absolute atomic E-state index is 12.0. The Balaban J connectivity index is 1.69. The van der Waals surface area contributed by atoms with E-state index in [9.17, 15) is 4.79 Å². The van der Waals surface area contributed by atoms with Crippen molar-refractivity contribution < 1.29 is 14.3 Å². The van der Waals surface area contributed by atoms with Crippen molar-refractivity contribution in [3.63, 3.8) is 0 Å². The van der Waals surface area contributed by atoms with Gasteiger partial charge in [-0.15, -0.1) is 0 Å². The Kier molecular flexibility index (Phi) is 6.84. The van der Waals surface area contributed by atoms with E-state index in [0.717, 1.165) is 24.1 Å². The van der Waals surface area contributed by atoms with E-state index in [1.54, 1.807) is 25.3 Å². The number of nitrogens with zero attached hydrogens (tertiary/aromatic N) is 2. The second-order valence-electron chi connectivity index (χ2n) is 7.84. The van der Waals surface area contributed by atoms with Gasteiger partial charge in [0.1, 0.15) is 11.6 Å². The third kappa shape index (κ3) is 5.17. The van der Waals surface area contributed by atoms with Crippen LogP contribution in [0.15, 0.2) is 54.6 Å². The minimum Gasteiger partial charge on any atom is -0.495 e. The molecule has 7 heteroatoms. The fraction of sp³-hybridized carbons (Fsp3) is 0.320. The van der Waals surface area contributed by atoms with Gasteiger partial charge in [-0.1, -0.05) is 49.6 Å². The van der Waals surface area contributed by atoms with Gasteiger partial charge in [-0.2, -0.15) is 4.98 Å². The Morgan fingerprint density at radius 3 is 2.47 bits per heavy atom. The molecule has 1 fully saturated rings. The zero-order valence-corrected chi connectivity index (χ0v) is 18.4. The number of ether oxygens (including phenoxy) is 2. The number of rotatable bonds is 7. The molecule has 166 valence electrons. The monoisotopic (exact) mass is 432 g/mol. The molecule has 4 rings (SSSR count). The normalized spacial score (nSPS) is 13.9. The third-order valence-electron chi connectivity index (χ3n) is 5.62. The maximum atomic E-state index is 12.0. The van der Waals surface area contributed by atoms with E-state index >= 15 is 0 Å². The van der Waals surface area contributed by atoms with Gasteiger partial charge < -0.3 is 20.1 Å². The van der Waals surface area contributed by atoms with Crippen LogP contribution in [0.25, 0.3) is 11.3 Å². The Bertz CT molecular complexity index is 1070. The number of anilines is 3. The SMILES string of the molecule is COC(=O)c1ccc(OC)c(Nc2cc(-c3ccccc3)nc(NC3CCCCC3)n2)c1. The standard InChI is InChI=1S/C25H28N4O3/c1-31-22-14-13-18(24(30)32-2)15-21(22)27-23-16-20(17-9-5-3-6-10-17)28-25(29-23)26-19-11-7-4-8-12-19/h3,5-6,9-10,13-16,19H,4,7-8,11-12H2,1-2H3,(H2,26,27,28,29). The Labute approximate surface area is 188 Å². The molecular weight excluding hydrogens is 404 g/mol. The molecule has 7 nitrogen and oxygen atoms in total. The number of hydrogen-bond donors (Lipinski definition) is 2. The van der Waals surface area contributed by atoms with Gasteiger partial charge in [-0.3, -0.25) is 0 Å². The smallest absolute Gasteiger partial charge is 0.337 e. The van der Waals surface area contributed by atoms with Crippen LogP contribution in [-0.2, 0) is 4.74 Å². The fourth-order valence-electron chi connectivity index (χ4n) is 3.95. The molecule has 1 aromatic heterocycles. The predicted octanol–water partition coefficient (Wildman–Crippen LogP) is 5.43. The number of hydrogen-bond acceptors (Lipinski definition) is 7. The largest absolute Gasteiger partial charge is 0.495 e. The fourth-order valence-corrected chi connectivity index (χ4v) is 3.95. The van der Waals surface area contributed by atoms with Crippen LogP contribution in [0, 0.1) is 0 Å². The maximum Gasteiger partial charge on any atom is 0.337 e. The van der Waals surface area contributed by atoms with E-state index in [4.69, 9.17) is 19.4 Å². The number of nitrogens with one attached hydrogen (secondary N) is 2. The molecule has 0 saturated heterocycles. The van der Waals surface area contributed by atoms with Gasteiger partial charge in [-0.05, 0) is 31.0 Å². The first-order chi connectivity index (χ1) is 15.7. The summed E-state index contributed by atoms with van der Waals surface area (Å²) < 4.78 is 10.3. The summed E-state index contributed by atoms with van der Waals surface area (Å²) in [6, 6.07) is 17.4. The predicted molar refractivity (Wildman–Crippen MR) is 126 cm³/mol. The number of esters is 1. The topological polar surface area (TPSA) is 85.4 Å². The molecule has 0 bridgehead atoms. The molecule has 1 heterocycles. The molecule has 2 N–H and O–H groups in total. The molecule has 1 aliphatic rings. The number of benzene rings is 2. The highest BCUT2D eigenvalue weighted by Gasteiger charge is 2.17.